The van der Waals surface area contributed by atoms with E-state index in [0.29, 0.717) is 16.8 Å². The average Bonchev–Trinajstić information content (AvgIpc) is 3.15. The molecule has 0 atom stereocenters. The first-order chi connectivity index (χ1) is 15.6. The summed E-state index contributed by atoms with van der Waals surface area (Å²) in [6.45, 7) is 5.57. The summed E-state index contributed by atoms with van der Waals surface area (Å²) in [4.78, 5) is 24.7. The minimum Gasteiger partial charge on any atom is -0.434 e. The maximum Gasteiger partial charge on any atom is 0.515 e. The highest BCUT2D eigenvalue weighted by molar-refractivity contribution is 6.08. The van der Waals surface area contributed by atoms with Gasteiger partial charge in [0, 0.05) is 23.9 Å². The van der Waals surface area contributed by atoms with Crippen LogP contribution in [-0.4, -0.2) is 23.2 Å². The monoisotopic (exact) mass is 460 g/mol. The number of amides is 1. The number of aromatic nitrogens is 1. The molecule has 33 heavy (non-hydrogen) atoms. The summed E-state index contributed by atoms with van der Waals surface area (Å²) in [7, 11) is 0. The summed E-state index contributed by atoms with van der Waals surface area (Å²) in [5.41, 5.74) is 0.852. The zero-order valence-electron chi connectivity index (χ0n) is 18.3. The first-order valence-corrected chi connectivity index (χ1v) is 10.2. The van der Waals surface area contributed by atoms with E-state index in [2.05, 4.69) is 5.32 Å². The number of benzene rings is 2. The topological polar surface area (TPSA) is 69.6 Å². The van der Waals surface area contributed by atoms with Crippen LogP contribution in [0.15, 0.2) is 60.8 Å². The normalized spacial score (nSPS) is 11.4. The maximum atomic E-state index is 13.0. The summed E-state index contributed by atoms with van der Waals surface area (Å²) in [5, 5.41) is 2.75. The fourth-order valence-electron chi connectivity index (χ4n) is 3.22. The van der Waals surface area contributed by atoms with Crippen molar-refractivity contribution in [2.45, 2.75) is 33.0 Å². The number of rotatable bonds is 6. The lowest BCUT2D eigenvalue weighted by atomic mass is 9.98. The van der Waals surface area contributed by atoms with E-state index >= 15 is 0 Å². The molecule has 174 valence electrons. The van der Waals surface area contributed by atoms with Crippen molar-refractivity contribution in [3.8, 4) is 17.0 Å². The van der Waals surface area contributed by atoms with E-state index < -0.39 is 23.8 Å². The van der Waals surface area contributed by atoms with Crippen LogP contribution >= 0.6 is 0 Å². The standard InChI is InChI=1S/C24H23F3N2O4/c1-4-32-23(31)33-21-13-18(14-29(21)15(2)3)28-22(30)20-8-6-5-7-19(20)16-9-11-17(12-10-16)24(25,26)27/h5-15H,4H2,1-3H3,(H,28,30). The molecule has 3 rings (SSSR count). The molecule has 0 aliphatic rings. The van der Waals surface area contributed by atoms with E-state index in [1.54, 1.807) is 42.0 Å². The highest BCUT2D eigenvalue weighted by atomic mass is 19.4. The fraction of sp³-hybridized carbons (Fsp3) is 0.250. The summed E-state index contributed by atoms with van der Waals surface area (Å²) < 4.78 is 50.3. The van der Waals surface area contributed by atoms with Gasteiger partial charge in [0.25, 0.3) is 5.91 Å². The van der Waals surface area contributed by atoms with Crippen molar-refractivity contribution >= 4 is 17.7 Å². The molecule has 1 amide bonds. The predicted molar refractivity (Wildman–Crippen MR) is 117 cm³/mol. The first kappa shape index (κ1) is 23.9. The van der Waals surface area contributed by atoms with Crippen molar-refractivity contribution < 1.29 is 32.2 Å². The zero-order valence-corrected chi connectivity index (χ0v) is 18.3. The van der Waals surface area contributed by atoms with Crippen molar-refractivity contribution in [3.63, 3.8) is 0 Å². The van der Waals surface area contributed by atoms with Gasteiger partial charge in [-0.15, -0.1) is 0 Å². The average molecular weight is 460 g/mol. The van der Waals surface area contributed by atoms with Crippen LogP contribution in [0.25, 0.3) is 11.1 Å². The summed E-state index contributed by atoms with van der Waals surface area (Å²) in [5.74, 6) is -0.260. The number of halogens is 3. The molecular formula is C24H23F3N2O4. The lowest BCUT2D eigenvalue weighted by molar-refractivity contribution is -0.137. The Labute approximate surface area is 188 Å². The Balaban J connectivity index is 1.86. The Bertz CT molecular complexity index is 1140. The zero-order chi connectivity index (χ0) is 24.2. The predicted octanol–water partition coefficient (Wildman–Crippen LogP) is 6.54. The number of hydrogen-bond acceptors (Lipinski definition) is 4. The quantitative estimate of drug-likeness (QED) is 0.424. The van der Waals surface area contributed by atoms with Gasteiger partial charge < -0.3 is 19.4 Å². The summed E-state index contributed by atoms with van der Waals surface area (Å²) in [6.07, 6.45) is -3.68. The molecular weight excluding hydrogens is 437 g/mol. The Hall–Kier alpha value is -3.75. The van der Waals surface area contributed by atoms with Crippen LogP contribution in [-0.2, 0) is 10.9 Å². The van der Waals surface area contributed by atoms with Crippen LogP contribution in [0.1, 0.15) is 42.7 Å². The van der Waals surface area contributed by atoms with Crippen molar-refractivity contribution in [1.29, 1.82) is 0 Å². The van der Waals surface area contributed by atoms with Gasteiger partial charge in [0.15, 0.2) is 0 Å². The Morgan fingerprint density at radius 3 is 2.33 bits per heavy atom. The smallest absolute Gasteiger partial charge is 0.434 e. The van der Waals surface area contributed by atoms with E-state index in [1.807, 2.05) is 13.8 Å². The van der Waals surface area contributed by atoms with E-state index in [0.717, 1.165) is 12.1 Å². The highest BCUT2D eigenvalue weighted by Gasteiger charge is 2.30. The summed E-state index contributed by atoms with van der Waals surface area (Å²) in [6, 6.07) is 12.6. The van der Waals surface area contributed by atoms with Gasteiger partial charge in [-0.3, -0.25) is 4.79 Å². The van der Waals surface area contributed by atoms with Gasteiger partial charge in [0.1, 0.15) is 0 Å². The summed E-state index contributed by atoms with van der Waals surface area (Å²) >= 11 is 0. The number of nitrogens with zero attached hydrogens (tertiary/aromatic N) is 1. The van der Waals surface area contributed by atoms with Crippen molar-refractivity contribution in [2.75, 3.05) is 11.9 Å². The third-order valence-corrected chi connectivity index (χ3v) is 4.77. The second-order valence-corrected chi connectivity index (χ2v) is 7.43. The molecule has 0 aliphatic heterocycles. The molecule has 0 aliphatic carbocycles. The van der Waals surface area contributed by atoms with E-state index in [9.17, 15) is 22.8 Å². The second kappa shape index (κ2) is 9.81. The molecule has 1 N–H and O–H groups in total. The van der Waals surface area contributed by atoms with Crippen LogP contribution in [0.2, 0.25) is 0 Å². The molecule has 1 aromatic heterocycles. The molecule has 0 bridgehead atoms. The van der Waals surface area contributed by atoms with Crippen LogP contribution in [0.4, 0.5) is 23.7 Å². The minimum absolute atomic E-state index is 0.0699. The second-order valence-electron chi connectivity index (χ2n) is 7.43. The molecule has 0 saturated heterocycles. The van der Waals surface area contributed by atoms with Gasteiger partial charge in [0.2, 0.25) is 5.88 Å². The van der Waals surface area contributed by atoms with Gasteiger partial charge in [-0.2, -0.15) is 13.2 Å². The van der Waals surface area contributed by atoms with Crippen LogP contribution in [0, 0.1) is 0 Å². The molecule has 9 heteroatoms. The van der Waals surface area contributed by atoms with Gasteiger partial charge >= 0.3 is 12.3 Å². The third kappa shape index (κ3) is 5.74. The lowest BCUT2D eigenvalue weighted by Gasteiger charge is -2.12. The molecule has 1 heterocycles. The highest BCUT2D eigenvalue weighted by Crippen LogP contribution is 2.32. The molecule has 6 nitrogen and oxygen atoms in total. The van der Waals surface area contributed by atoms with Crippen LogP contribution in [0.3, 0.4) is 0 Å². The number of alkyl halides is 3. The number of anilines is 1. The molecule has 3 aromatic rings. The van der Waals surface area contributed by atoms with Crippen LogP contribution in [0.5, 0.6) is 5.88 Å². The Morgan fingerprint density at radius 2 is 1.73 bits per heavy atom. The largest absolute Gasteiger partial charge is 0.515 e. The molecule has 0 spiro atoms. The van der Waals surface area contributed by atoms with Gasteiger partial charge in [-0.05, 0) is 50.1 Å². The molecule has 2 aromatic carbocycles. The van der Waals surface area contributed by atoms with Crippen LogP contribution < -0.4 is 10.1 Å². The molecule has 0 unspecified atom stereocenters. The van der Waals surface area contributed by atoms with Gasteiger partial charge in [0.05, 0.1) is 17.9 Å². The number of carbonyl (C=O) groups excluding carboxylic acids is 2. The van der Waals surface area contributed by atoms with Gasteiger partial charge in [-0.1, -0.05) is 30.3 Å². The number of nitrogens with one attached hydrogen (secondary N) is 1. The van der Waals surface area contributed by atoms with Crippen molar-refractivity contribution in [3.05, 3.63) is 71.9 Å². The molecule has 0 saturated carbocycles. The number of ether oxygens (including phenoxy) is 2. The van der Waals surface area contributed by atoms with E-state index in [1.165, 1.54) is 18.2 Å². The molecule has 0 fully saturated rings. The Morgan fingerprint density at radius 1 is 1.06 bits per heavy atom. The van der Waals surface area contributed by atoms with E-state index in [4.69, 9.17) is 9.47 Å². The lowest BCUT2D eigenvalue weighted by Crippen LogP contribution is -2.13. The molecule has 0 radical (unpaired) electrons. The Kier molecular flexibility index (Phi) is 7.10. The maximum absolute atomic E-state index is 13.0. The van der Waals surface area contributed by atoms with Crippen molar-refractivity contribution in [2.24, 2.45) is 0 Å². The number of carbonyl (C=O) groups is 2. The van der Waals surface area contributed by atoms with E-state index in [-0.39, 0.29) is 24.1 Å². The number of hydrogen-bond donors (Lipinski definition) is 1. The SMILES string of the molecule is CCOC(=O)Oc1cc(NC(=O)c2ccccc2-c2ccc(C(F)(F)F)cc2)cn1C(C)C. The third-order valence-electron chi connectivity index (χ3n) is 4.77. The fourth-order valence-corrected chi connectivity index (χ4v) is 3.22. The van der Waals surface area contributed by atoms with Gasteiger partial charge in [-0.25, -0.2) is 4.79 Å². The first-order valence-electron chi connectivity index (χ1n) is 10.2. The minimum atomic E-state index is -4.44. The van der Waals surface area contributed by atoms with Crippen molar-refractivity contribution in [1.82, 2.24) is 4.57 Å².